The summed E-state index contributed by atoms with van der Waals surface area (Å²) in [6, 6.07) is 6.09. The molecular weight excluding hydrogens is 312 g/mol. The van der Waals surface area contributed by atoms with Gasteiger partial charge in [0.05, 0.1) is 0 Å². The SMILES string of the molecule is O=C(Nc1cccc(OCC(=O)N2CCC[C@H]2C(=O)O)c1)C1CC1. The lowest BCUT2D eigenvalue weighted by Crippen LogP contribution is -2.42. The molecule has 0 radical (unpaired) electrons. The Kier molecular flexibility index (Phi) is 4.69. The van der Waals surface area contributed by atoms with Crippen molar-refractivity contribution in [1.29, 1.82) is 0 Å². The fourth-order valence-electron chi connectivity index (χ4n) is 2.80. The van der Waals surface area contributed by atoms with Crippen molar-refractivity contribution in [2.45, 2.75) is 31.7 Å². The number of aliphatic carboxylic acids is 1. The van der Waals surface area contributed by atoms with E-state index in [1.807, 2.05) is 0 Å². The standard InChI is InChI=1S/C17H20N2O5/c20-15(19-8-2-5-14(19)17(22)23)10-24-13-4-1-3-12(9-13)18-16(21)11-6-7-11/h1,3-4,9,11,14H,2,5-8,10H2,(H,18,21)(H,22,23)/t14-/m0/s1. The lowest BCUT2D eigenvalue weighted by atomic mass is 10.2. The van der Waals surface area contributed by atoms with E-state index < -0.39 is 12.0 Å². The Morgan fingerprint density at radius 3 is 2.75 bits per heavy atom. The van der Waals surface area contributed by atoms with E-state index in [-0.39, 0.29) is 24.3 Å². The molecule has 1 aliphatic carbocycles. The molecule has 0 aromatic heterocycles. The molecule has 0 unspecified atom stereocenters. The molecule has 1 aromatic rings. The number of nitrogens with one attached hydrogen (secondary N) is 1. The van der Waals surface area contributed by atoms with Gasteiger partial charge < -0.3 is 20.1 Å². The Morgan fingerprint density at radius 1 is 1.25 bits per heavy atom. The number of benzene rings is 1. The molecule has 128 valence electrons. The molecule has 0 bridgehead atoms. The monoisotopic (exact) mass is 332 g/mol. The molecule has 7 nitrogen and oxygen atoms in total. The first-order chi connectivity index (χ1) is 11.5. The zero-order valence-electron chi connectivity index (χ0n) is 13.2. The van der Waals surface area contributed by atoms with Crippen LogP contribution in [0.1, 0.15) is 25.7 Å². The van der Waals surface area contributed by atoms with Crippen LogP contribution in [-0.4, -0.2) is 47.0 Å². The van der Waals surface area contributed by atoms with Crippen LogP contribution < -0.4 is 10.1 Å². The average Bonchev–Trinajstić information content (AvgIpc) is 3.29. The molecule has 24 heavy (non-hydrogen) atoms. The Hall–Kier alpha value is -2.57. The molecule has 2 amide bonds. The summed E-state index contributed by atoms with van der Waals surface area (Å²) in [6.45, 7) is 0.223. The molecule has 2 aliphatic rings. The van der Waals surface area contributed by atoms with Crippen LogP contribution in [0, 0.1) is 5.92 Å². The Bertz CT molecular complexity index is 656. The minimum absolute atomic E-state index is 0.00425. The number of carbonyl (C=O) groups is 3. The first-order valence-electron chi connectivity index (χ1n) is 8.10. The van der Waals surface area contributed by atoms with Crippen molar-refractivity contribution in [3.63, 3.8) is 0 Å². The van der Waals surface area contributed by atoms with Gasteiger partial charge in [-0.3, -0.25) is 9.59 Å². The molecule has 7 heteroatoms. The number of carboxylic acids is 1. The topological polar surface area (TPSA) is 95.9 Å². The van der Waals surface area contributed by atoms with Gasteiger partial charge in [-0.05, 0) is 37.8 Å². The molecular formula is C17H20N2O5. The highest BCUT2D eigenvalue weighted by Crippen LogP contribution is 2.30. The summed E-state index contributed by atoms with van der Waals surface area (Å²) < 4.78 is 5.47. The first-order valence-corrected chi connectivity index (χ1v) is 8.10. The third kappa shape index (κ3) is 3.84. The normalized spacial score (nSPS) is 19.8. The van der Waals surface area contributed by atoms with Gasteiger partial charge in [0, 0.05) is 24.2 Å². The van der Waals surface area contributed by atoms with E-state index in [2.05, 4.69) is 5.32 Å². The van der Waals surface area contributed by atoms with Crippen LogP contribution in [0.15, 0.2) is 24.3 Å². The van der Waals surface area contributed by atoms with Crippen LogP contribution in [0.2, 0.25) is 0 Å². The molecule has 1 aliphatic heterocycles. The van der Waals surface area contributed by atoms with Gasteiger partial charge in [0.1, 0.15) is 11.8 Å². The maximum Gasteiger partial charge on any atom is 0.326 e. The lowest BCUT2D eigenvalue weighted by Gasteiger charge is -2.21. The van der Waals surface area contributed by atoms with Crippen molar-refractivity contribution in [3.8, 4) is 5.75 Å². The van der Waals surface area contributed by atoms with Gasteiger partial charge in [-0.15, -0.1) is 0 Å². The van der Waals surface area contributed by atoms with Crippen LogP contribution in [0.25, 0.3) is 0 Å². The second-order valence-corrected chi connectivity index (χ2v) is 6.16. The van der Waals surface area contributed by atoms with Crippen LogP contribution in [0.3, 0.4) is 0 Å². The molecule has 1 heterocycles. The smallest absolute Gasteiger partial charge is 0.326 e. The van der Waals surface area contributed by atoms with Gasteiger partial charge in [0.2, 0.25) is 5.91 Å². The number of nitrogens with zero attached hydrogens (tertiary/aromatic N) is 1. The third-order valence-electron chi connectivity index (χ3n) is 4.27. The summed E-state index contributed by atoms with van der Waals surface area (Å²) in [5.41, 5.74) is 0.626. The number of likely N-dealkylation sites (tertiary alicyclic amines) is 1. The van der Waals surface area contributed by atoms with Crippen LogP contribution in [-0.2, 0) is 14.4 Å². The number of hydrogen-bond donors (Lipinski definition) is 2. The Balaban J connectivity index is 1.55. The van der Waals surface area contributed by atoms with Crippen molar-refractivity contribution in [1.82, 2.24) is 4.90 Å². The van der Waals surface area contributed by atoms with E-state index >= 15 is 0 Å². The molecule has 2 N–H and O–H groups in total. The molecule has 1 atom stereocenters. The minimum atomic E-state index is -0.981. The predicted molar refractivity (Wildman–Crippen MR) is 85.7 cm³/mol. The van der Waals surface area contributed by atoms with E-state index in [4.69, 9.17) is 9.84 Å². The molecule has 3 rings (SSSR count). The summed E-state index contributed by atoms with van der Waals surface area (Å²) in [5, 5.41) is 11.9. The summed E-state index contributed by atoms with van der Waals surface area (Å²) >= 11 is 0. The number of ether oxygens (including phenoxy) is 1. The van der Waals surface area contributed by atoms with Gasteiger partial charge in [-0.25, -0.2) is 4.79 Å². The first kappa shape index (κ1) is 16.3. The number of carbonyl (C=O) groups excluding carboxylic acids is 2. The summed E-state index contributed by atoms with van der Waals surface area (Å²) in [4.78, 5) is 36.4. The zero-order chi connectivity index (χ0) is 17.1. The number of amides is 2. The number of hydrogen-bond acceptors (Lipinski definition) is 4. The van der Waals surface area contributed by atoms with Crippen molar-refractivity contribution >= 4 is 23.5 Å². The van der Waals surface area contributed by atoms with Gasteiger partial charge in [0.25, 0.3) is 5.91 Å². The largest absolute Gasteiger partial charge is 0.484 e. The quantitative estimate of drug-likeness (QED) is 0.823. The van der Waals surface area contributed by atoms with Gasteiger partial charge >= 0.3 is 5.97 Å². The van der Waals surface area contributed by atoms with E-state index in [0.717, 1.165) is 12.8 Å². The number of carboxylic acid groups (broad SMARTS) is 1. The van der Waals surface area contributed by atoms with Crippen molar-refractivity contribution in [2.24, 2.45) is 5.92 Å². The Labute approximate surface area is 139 Å². The fraction of sp³-hybridized carbons (Fsp3) is 0.471. The summed E-state index contributed by atoms with van der Waals surface area (Å²) in [5.74, 6) is -0.746. The average molecular weight is 332 g/mol. The van der Waals surface area contributed by atoms with Crippen LogP contribution >= 0.6 is 0 Å². The number of anilines is 1. The third-order valence-corrected chi connectivity index (χ3v) is 4.27. The molecule has 0 spiro atoms. The summed E-state index contributed by atoms with van der Waals surface area (Å²) in [6.07, 6.45) is 3.02. The molecule has 1 saturated carbocycles. The van der Waals surface area contributed by atoms with Gasteiger partial charge in [0.15, 0.2) is 6.61 Å². The van der Waals surface area contributed by atoms with E-state index in [0.29, 0.717) is 30.8 Å². The maximum absolute atomic E-state index is 12.2. The lowest BCUT2D eigenvalue weighted by molar-refractivity contribution is -0.148. The molecule has 1 aromatic carbocycles. The van der Waals surface area contributed by atoms with E-state index in [1.165, 1.54) is 4.90 Å². The molecule has 2 fully saturated rings. The van der Waals surface area contributed by atoms with Gasteiger partial charge in [-0.1, -0.05) is 6.07 Å². The predicted octanol–water partition coefficient (Wildman–Crippen LogP) is 1.49. The second-order valence-electron chi connectivity index (χ2n) is 6.16. The van der Waals surface area contributed by atoms with Crippen LogP contribution in [0.5, 0.6) is 5.75 Å². The van der Waals surface area contributed by atoms with E-state index in [9.17, 15) is 14.4 Å². The summed E-state index contributed by atoms with van der Waals surface area (Å²) in [7, 11) is 0. The van der Waals surface area contributed by atoms with E-state index in [1.54, 1.807) is 24.3 Å². The van der Waals surface area contributed by atoms with Crippen molar-refractivity contribution < 1.29 is 24.2 Å². The van der Waals surface area contributed by atoms with Crippen molar-refractivity contribution in [2.75, 3.05) is 18.5 Å². The highest BCUT2D eigenvalue weighted by Gasteiger charge is 2.34. The van der Waals surface area contributed by atoms with Gasteiger partial charge in [-0.2, -0.15) is 0 Å². The minimum Gasteiger partial charge on any atom is -0.484 e. The number of rotatable bonds is 6. The molecule has 1 saturated heterocycles. The highest BCUT2D eigenvalue weighted by molar-refractivity contribution is 5.94. The second kappa shape index (κ2) is 6.90. The van der Waals surface area contributed by atoms with Crippen molar-refractivity contribution in [3.05, 3.63) is 24.3 Å². The maximum atomic E-state index is 12.2. The van der Waals surface area contributed by atoms with Crippen LogP contribution in [0.4, 0.5) is 5.69 Å². The Morgan fingerprint density at radius 2 is 2.04 bits per heavy atom. The fourth-order valence-corrected chi connectivity index (χ4v) is 2.80. The zero-order valence-corrected chi connectivity index (χ0v) is 13.2. The highest BCUT2D eigenvalue weighted by atomic mass is 16.5.